The Morgan fingerprint density at radius 3 is 1.88 bits per heavy atom. The van der Waals surface area contributed by atoms with Gasteiger partial charge in [-0.25, -0.2) is 18.4 Å². The van der Waals surface area contributed by atoms with Gasteiger partial charge in [-0.05, 0) is 48.7 Å². The Morgan fingerprint density at radius 1 is 0.758 bits per heavy atom. The lowest BCUT2D eigenvalue weighted by molar-refractivity contribution is -0.140. The lowest BCUT2D eigenvalue weighted by Crippen LogP contribution is -2.08. The van der Waals surface area contributed by atoms with Crippen LogP contribution in [0.5, 0.6) is 5.75 Å². The summed E-state index contributed by atoms with van der Waals surface area (Å²) in [5.74, 6) is -2.27. The largest absolute Gasteiger partial charge is 0.457 e. The third-order valence-corrected chi connectivity index (χ3v) is 4.76. The molecule has 0 radical (unpaired) electrons. The van der Waals surface area contributed by atoms with Crippen molar-refractivity contribution in [2.75, 3.05) is 0 Å². The molecular formula is C27H22F2O4. The second-order valence-electron chi connectivity index (χ2n) is 7.56. The van der Waals surface area contributed by atoms with E-state index in [9.17, 15) is 18.4 Å². The smallest absolute Gasteiger partial charge is 0.338 e. The molecule has 0 heterocycles. The van der Waals surface area contributed by atoms with Crippen LogP contribution in [-0.4, -0.2) is 11.9 Å². The highest BCUT2D eigenvalue weighted by Crippen LogP contribution is 2.31. The number of hydrogen-bond donors (Lipinski definition) is 0. The Hall–Kier alpha value is -4.06. The molecule has 168 valence electrons. The van der Waals surface area contributed by atoms with Crippen LogP contribution in [-0.2, 0) is 20.9 Å². The van der Waals surface area contributed by atoms with Crippen LogP contribution in [0.3, 0.4) is 0 Å². The van der Waals surface area contributed by atoms with Crippen LogP contribution >= 0.6 is 0 Å². The van der Waals surface area contributed by atoms with Crippen LogP contribution < -0.4 is 4.74 Å². The van der Waals surface area contributed by atoms with Crippen LogP contribution in [0.2, 0.25) is 0 Å². The van der Waals surface area contributed by atoms with Gasteiger partial charge in [0.1, 0.15) is 24.0 Å². The molecular weight excluding hydrogens is 426 g/mol. The second kappa shape index (κ2) is 10.0. The zero-order valence-corrected chi connectivity index (χ0v) is 18.3. The van der Waals surface area contributed by atoms with E-state index in [1.165, 1.54) is 25.1 Å². The first kappa shape index (κ1) is 23.6. The van der Waals surface area contributed by atoms with Crippen molar-refractivity contribution in [2.45, 2.75) is 20.5 Å². The van der Waals surface area contributed by atoms with Crippen molar-refractivity contribution in [2.24, 2.45) is 0 Å². The fourth-order valence-corrected chi connectivity index (χ4v) is 2.96. The Bertz CT molecular complexity index is 1240. The van der Waals surface area contributed by atoms with E-state index in [1.807, 2.05) is 0 Å². The van der Waals surface area contributed by atoms with Crippen molar-refractivity contribution in [1.82, 2.24) is 0 Å². The van der Waals surface area contributed by atoms with Gasteiger partial charge in [-0.3, -0.25) is 0 Å². The van der Waals surface area contributed by atoms with E-state index >= 15 is 0 Å². The second-order valence-corrected chi connectivity index (χ2v) is 7.56. The quantitative estimate of drug-likeness (QED) is 0.238. The zero-order valence-electron chi connectivity index (χ0n) is 18.3. The minimum atomic E-state index is -0.655. The summed E-state index contributed by atoms with van der Waals surface area (Å²) in [6.45, 7) is 10.1. The van der Waals surface area contributed by atoms with E-state index < -0.39 is 23.6 Å². The van der Waals surface area contributed by atoms with Gasteiger partial charge in [0.2, 0.25) is 0 Å². The maximum atomic E-state index is 14.9. The van der Waals surface area contributed by atoms with Gasteiger partial charge in [0.25, 0.3) is 0 Å². The van der Waals surface area contributed by atoms with Crippen molar-refractivity contribution in [3.63, 3.8) is 0 Å². The Balaban J connectivity index is 1.77. The summed E-state index contributed by atoms with van der Waals surface area (Å²) in [6, 6.07) is 15.3. The summed E-state index contributed by atoms with van der Waals surface area (Å²) in [5, 5.41) is 0. The molecule has 0 aromatic heterocycles. The van der Waals surface area contributed by atoms with E-state index in [0.717, 1.165) is 11.6 Å². The van der Waals surface area contributed by atoms with Crippen molar-refractivity contribution in [3.8, 4) is 28.0 Å². The molecule has 0 saturated heterocycles. The molecule has 0 bridgehead atoms. The molecule has 0 amide bonds. The van der Waals surface area contributed by atoms with Gasteiger partial charge in [0, 0.05) is 28.3 Å². The van der Waals surface area contributed by atoms with Crippen molar-refractivity contribution in [1.29, 1.82) is 0 Å². The van der Waals surface area contributed by atoms with Crippen molar-refractivity contribution >= 4 is 11.9 Å². The van der Waals surface area contributed by atoms with Gasteiger partial charge in [0.05, 0.1) is 0 Å². The fraction of sp³-hybridized carbons (Fsp3) is 0.111. The summed E-state index contributed by atoms with van der Waals surface area (Å²) in [7, 11) is 0. The first-order valence-electron chi connectivity index (χ1n) is 10.0. The first-order valence-corrected chi connectivity index (χ1v) is 10.0. The lowest BCUT2D eigenvalue weighted by atomic mass is 9.98. The molecule has 0 aliphatic carbocycles. The first-order chi connectivity index (χ1) is 15.7. The molecule has 3 aromatic carbocycles. The molecule has 0 spiro atoms. The van der Waals surface area contributed by atoms with E-state index in [1.54, 1.807) is 43.3 Å². The Kier molecular flexibility index (Phi) is 7.18. The van der Waals surface area contributed by atoms with E-state index in [2.05, 4.69) is 13.2 Å². The Labute approximate surface area is 190 Å². The average Bonchev–Trinajstić information content (AvgIpc) is 2.77. The topological polar surface area (TPSA) is 52.6 Å². The highest BCUT2D eigenvalue weighted by Gasteiger charge is 2.13. The SMILES string of the molecule is C=C(C)C(=O)OCc1ccc(-c2ccc(-c3ccc(OC(=O)C(=C)C)cc3F)cc2F)cc1. The van der Waals surface area contributed by atoms with Gasteiger partial charge in [0.15, 0.2) is 0 Å². The molecule has 33 heavy (non-hydrogen) atoms. The minimum Gasteiger partial charge on any atom is -0.457 e. The van der Waals surface area contributed by atoms with Gasteiger partial charge in [-0.15, -0.1) is 0 Å². The van der Waals surface area contributed by atoms with Gasteiger partial charge >= 0.3 is 11.9 Å². The van der Waals surface area contributed by atoms with E-state index in [-0.39, 0.29) is 23.5 Å². The Morgan fingerprint density at radius 2 is 1.30 bits per heavy atom. The zero-order chi connectivity index (χ0) is 24.1. The summed E-state index contributed by atoms with van der Waals surface area (Å²) in [4.78, 5) is 23.1. The van der Waals surface area contributed by atoms with E-state index in [4.69, 9.17) is 9.47 Å². The summed E-state index contributed by atoms with van der Waals surface area (Å²) in [5.41, 5.74) is 2.74. The molecule has 3 rings (SSSR count). The summed E-state index contributed by atoms with van der Waals surface area (Å²) in [6.07, 6.45) is 0. The molecule has 0 aliphatic heterocycles. The molecule has 0 unspecified atom stereocenters. The third kappa shape index (κ3) is 5.80. The maximum Gasteiger partial charge on any atom is 0.338 e. The highest BCUT2D eigenvalue weighted by molar-refractivity contribution is 5.89. The van der Waals surface area contributed by atoms with Gasteiger partial charge < -0.3 is 9.47 Å². The normalized spacial score (nSPS) is 10.4. The van der Waals surface area contributed by atoms with Crippen LogP contribution in [0, 0.1) is 11.6 Å². The number of ether oxygens (including phenoxy) is 2. The van der Waals surface area contributed by atoms with Crippen LogP contribution in [0.15, 0.2) is 85.0 Å². The van der Waals surface area contributed by atoms with Crippen LogP contribution in [0.4, 0.5) is 8.78 Å². The lowest BCUT2D eigenvalue weighted by Gasteiger charge is -2.10. The third-order valence-electron chi connectivity index (χ3n) is 4.76. The molecule has 6 heteroatoms. The predicted molar refractivity (Wildman–Crippen MR) is 122 cm³/mol. The predicted octanol–water partition coefficient (Wildman–Crippen LogP) is 6.40. The summed E-state index contributed by atoms with van der Waals surface area (Å²) < 4.78 is 39.6. The average molecular weight is 448 g/mol. The molecule has 0 fully saturated rings. The number of carbonyl (C=O) groups is 2. The number of halogens is 2. The molecule has 0 N–H and O–H groups in total. The molecule has 0 aliphatic rings. The number of carbonyl (C=O) groups excluding carboxylic acids is 2. The van der Waals surface area contributed by atoms with Crippen LogP contribution in [0.25, 0.3) is 22.3 Å². The van der Waals surface area contributed by atoms with Gasteiger partial charge in [-0.2, -0.15) is 0 Å². The van der Waals surface area contributed by atoms with Crippen LogP contribution in [0.1, 0.15) is 19.4 Å². The fourth-order valence-electron chi connectivity index (χ4n) is 2.96. The minimum absolute atomic E-state index is 0.0374. The number of benzene rings is 3. The molecule has 4 nitrogen and oxygen atoms in total. The molecule has 3 aromatic rings. The standard InChI is InChI=1S/C27H22F2O4/c1-16(2)26(30)32-15-18-5-7-19(8-6-18)22-11-9-20(13-24(22)28)23-12-10-21(14-25(23)29)33-27(31)17(3)4/h5-14H,1,3,15H2,2,4H3. The summed E-state index contributed by atoms with van der Waals surface area (Å²) >= 11 is 0. The number of rotatable bonds is 7. The van der Waals surface area contributed by atoms with E-state index in [0.29, 0.717) is 22.3 Å². The maximum absolute atomic E-state index is 14.9. The highest BCUT2D eigenvalue weighted by atomic mass is 19.1. The van der Waals surface area contributed by atoms with Crippen molar-refractivity contribution in [3.05, 3.63) is 102 Å². The number of hydrogen-bond acceptors (Lipinski definition) is 4. The monoisotopic (exact) mass is 448 g/mol. The van der Waals surface area contributed by atoms with Gasteiger partial charge in [-0.1, -0.05) is 49.6 Å². The molecule has 0 saturated carbocycles. The van der Waals surface area contributed by atoms with Crippen molar-refractivity contribution < 1.29 is 27.8 Å². The molecule has 0 atom stereocenters. The number of esters is 2.